The fourth-order valence-corrected chi connectivity index (χ4v) is 2.79. The standard InChI is InChI=1S/C17H20FN5O4/c1-5-17(8-24)7-6-10(26-17)23-9-19-11-12(20-14(18)22-13(11)23)21-15(25)27-16(2,3)4/h1,9-10,24H,6-8H2,2-4H3,(H,20,21,22,25). The summed E-state index contributed by atoms with van der Waals surface area (Å²) in [5.41, 5.74) is -1.52. The predicted octanol–water partition coefficient (Wildman–Crippen LogP) is 1.99. The van der Waals surface area contributed by atoms with Gasteiger partial charge in [0.2, 0.25) is 0 Å². The fourth-order valence-electron chi connectivity index (χ4n) is 2.79. The second kappa shape index (κ2) is 6.75. The molecule has 1 aliphatic rings. The van der Waals surface area contributed by atoms with Crippen LogP contribution in [0.4, 0.5) is 15.0 Å². The quantitative estimate of drug-likeness (QED) is 0.621. The first kappa shape index (κ1) is 19.0. The number of terminal acetylenes is 1. The highest BCUT2D eigenvalue weighted by Gasteiger charge is 2.40. The van der Waals surface area contributed by atoms with Gasteiger partial charge in [-0.1, -0.05) is 5.92 Å². The number of hydrogen-bond acceptors (Lipinski definition) is 7. The van der Waals surface area contributed by atoms with Crippen molar-refractivity contribution in [1.29, 1.82) is 0 Å². The predicted molar refractivity (Wildman–Crippen MR) is 93.1 cm³/mol. The Morgan fingerprint density at radius 1 is 1.59 bits per heavy atom. The van der Waals surface area contributed by atoms with Crippen molar-refractivity contribution >= 4 is 23.1 Å². The van der Waals surface area contributed by atoms with Crippen LogP contribution < -0.4 is 5.32 Å². The minimum absolute atomic E-state index is 0.117. The molecule has 144 valence electrons. The molecule has 1 amide bonds. The summed E-state index contributed by atoms with van der Waals surface area (Å²) in [6, 6.07) is 0. The van der Waals surface area contributed by atoms with E-state index in [4.69, 9.17) is 15.9 Å². The minimum Gasteiger partial charge on any atom is -0.444 e. The first-order valence-corrected chi connectivity index (χ1v) is 8.33. The molecule has 10 heteroatoms. The van der Waals surface area contributed by atoms with Crippen molar-refractivity contribution in [3.8, 4) is 12.3 Å². The van der Waals surface area contributed by atoms with E-state index in [0.29, 0.717) is 12.8 Å². The maximum absolute atomic E-state index is 13.9. The molecule has 1 fully saturated rings. The Morgan fingerprint density at radius 2 is 2.33 bits per heavy atom. The zero-order valence-electron chi connectivity index (χ0n) is 15.2. The number of rotatable bonds is 3. The van der Waals surface area contributed by atoms with Crippen LogP contribution in [0, 0.1) is 18.4 Å². The summed E-state index contributed by atoms with van der Waals surface area (Å²) >= 11 is 0. The topological polar surface area (TPSA) is 111 Å². The molecule has 27 heavy (non-hydrogen) atoms. The molecule has 2 aromatic rings. The summed E-state index contributed by atoms with van der Waals surface area (Å²) in [7, 11) is 0. The molecule has 3 rings (SSSR count). The Kier molecular flexibility index (Phi) is 4.75. The van der Waals surface area contributed by atoms with Crippen LogP contribution in [0.25, 0.3) is 11.2 Å². The van der Waals surface area contributed by atoms with Gasteiger partial charge in [0.1, 0.15) is 11.8 Å². The van der Waals surface area contributed by atoms with Gasteiger partial charge in [-0.05, 0) is 33.6 Å². The molecule has 1 aliphatic heterocycles. The lowest BCUT2D eigenvalue weighted by Gasteiger charge is -2.21. The van der Waals surface area contributed by atoms with Gasteiger partial charge in [0.05, 0.1) is 12.9 Å². The van der Waals surface area contributed by atoms with E-state index < -0.39 is 29.6 Å². The molecule has 2 atom stereocenters. The van der Waals surface area contributed by atoms with Crippen molar-refractivity contribution in [3.05, 3.63) is 12.4 Å². The lowest BCUT2D eigenvalue weighted by Crippen LogP contribution is -2.31. The number of aromatic nitrogens is 4. The highest BCUT2D eigenvalue weighted by Crippen LogP contribution is 2.37. The molecule has 0 saturated carbocycles. The van der Waals surface area contributed by atoms with E-state index in [1.54, 1.807) is 20.8 Å². The lowest BCUT2D eigenvalue weighted by molar-refractivity contribution is -0.0618. The van der Waals surface area contributed by atoms with E-state index in [0.717, 1.165) is 0 Å². The van der Waals surface area contributed by atoms with Crippen molar-refractivity contribution < 1.29 is 23.8 Å². The fraction of sp³-hybridized carbons (Fsp3) is 0.529. The SMILES string of the molecule is C#CC1(CO)CCC(n2cnc3c(NC(=O)OC(C)(C)C)nc(F)nc32)O1. The maximum Gasteiger partial charge on any atom is 0.413 e. The van der Waals surface area contributed by atoms with E-state index in [-0.39, 0.29) is 23.6 Å². The first-order chi connectivity index (χ1) is 12.7. The van der Waals surface area contributed by atoms with Crippen LogP contribution in [0.15, 0.2) is 6.33 Å². The van der Waals surface area contributed by atoms with Crippen molar-refractivity contribution in [3.63, 3.8) is 0 Å². The Morgan fingerprint density at radius 3 is 2.93 bits per heavy atom. The lowest BCUT2D eigenvalue weighted by atomic mass is 10.0. The van der Waals surface area contributed by atoms with Crippen LogP contribution in [0.2, 0.25) is 0 Å². The van der Waals surface area contributed by atoms with E-state index in [9.17, 15) is 14.3 Å². The summed E-state index contributed by atoms with van der Waals surface area (Å²) in [4.78, 5) is 23.5. The number of nitrogens with one attached hydrogen (secondary N) is 1. The number of amides is 1. The van der Waals surface area contributed by atoms with Gasteiger partial charge < -0.3 is 14.6 Å². The molecular formula is C17H20FN5O4. The molecule has 0 spiro atoms. The van der Waals surface area contributed by atoms with Gasteiger partial charge in [-0.3, -0.25) is 9.88 Å². The Hall–Kier alpha value is -2.77. The van der Waals surface area contributed by atoms with Gasteiger partial charge in [0.25, 0.3) is 0 Å². The van der Waals surface area contributed by atoms with E-state index in [2.05, 4.69) is 26.2 Å². The number of carbonyl (C=O) groups excluding carboxylic acids is 1. The van der Waals surface area contributed by atoms with E-state index >= 15 is 0 Å². The molecule has 2 N–H and O–H groups in total. The Labute approximate surface area is 154 Å². The Bertz CT molecular complexity index is 916. The third kappa shape index (κ3) is 3.84. The van der Waals surface area contributed by atoms with Crippen LogP contribution in [0.3, 0.4) is 0 Å². The average Bonchev–Trinajstić information content (AvgIpc) is 3.17. The summed E-state index contributed by atoms with van der Waals surface area (Å²) in [6.07, 6.45) is 5.35. The van der Waals surface area contributed by atoms with Gasteiger partial charge in [-0.25, -0.2) is 9.78 Å². The average molecular weight is 377 g/mol. The van der Waals surface area contributed by atoms with Gasteiger partial charge in [0.15, 0.2) is 22.6 Å². The second-order valence-corrected chi connectivity index (χ2v) is 7.20. The van der Waals surface area contributed by atoms with Crippen molar-refractivity contribution in [1.82, 2.24) is 19.5 Å². The van der Waals surface area contributed by atoms with Crippen molar-refractivity contribution in [2.75, 3.05) is 11.9 Å². The first-order valence-electron chi connectivity index (χ1n) is 8.33. The highest BCUT2D eigenvalue weighted by atomic mass is 19.1. The third-order valence-corrected chi connectivity index (χ3v) is 4.00. The number of fused-ring (bicyclic) bond motifs is 1. The van der Waals surface area contributed by atoms with Crippen LogP contribution in [-0.2, 0) is 9.47 Å². The Balaban J connectivity index is 1.92. The number of nitrogens with zero attached hydrogens (tertiary/aromatic N) is 4. The highest BCUT2D eigenvalue weighted by molar-refractivity contribution is 5.93. The summed E-state index contributed by atoms with van der Waals surface area (Å²) in [6.45, 7) is 4.77. The molecule has 9 nitrogen and oxygen atoms in total. The van der Waals surface area contributed by atoms with E-state index in [1.807, 2.05) is 0 Å². The van der Waals surface area contributed by atoms with Crippen LogP contribution in [0.1, 0.15) is 39.8 Å². The third-order valence-electron chi connectivity index (χ3n) is 4.00. The van der Waals surface area contributed by atoms with Gasteiger partial charge in [-0.2, -0.15) is 14.4 Å². The largest absolute Gasteiger partial charge is 0.444 e. The number of hydrogen-bond donors (Lipinski definition) is 2. The number of carbonyl (C=O) groups is 1. The van der Waals surface area contributed by atoms with Crippen LogP contribution in [-0.4, -0.2) is 48.5 Å². The van der Waals surface area contributed by atoms with Crippen LogP contribution >= 0.6 is 0 Å². The van der Waals surface area contributed by atoms with Gasteiger partial charge in [0, 0.05) is 0 Å². The number of imidazole rings is 1. The monoisotopic (exact) mass is 377 g/mol. The summed E-state index contributed by atoms with van der Waals surface area (Å²) in [5.74, 6) is 2.33. The molecule has 0 bridgehead atoms. The molecular weight excluding hydrogens is 357 g/mol. The smallest absolute Gasteiger partial charge is 0.413 e. The number of anilines is 1. The molecule has 2 unspecified atom stereocenters. The van der Waals surface area contributed by atoms with Crippen molar-refractivity contribution in [2.45, 2.75) is 51.0 Å². The molecule has 2 aromatic heterocycles. The van der Waals surface area contributed by atoms with Crippen LogP contribution in [0.5, 0.6) is 0 Å². The summed E-state index contributed by atoms with van der Waals surface area (Å²) < 4.78 is 26.4. The number of halogens is 1. The molecule has 0 aromatic carbocycles. The maximum atomic E-state index is 13.9. The molecule has 3 heterocycles. The summed E-state index contributed by atoms with van der Waals surface area (Å²) in [5, 5.41) is 11.9. The normalized spacial score (nSPS) is 22.6. The van der Waals surface area contributed by atoms with Crippen molar-refractivity contribution in [2.24, 2.45) is 0 Å². The van der Waals surface area contributed by atoms with Gasteiger partial charge >= 0.3 is 12.2 Å². The number of ether oxygens (including phenoxy) is 2. The zero-order chi connectivity index (χ0) is 19.8. The molecule has 1 saturated heterocycles. The van der Waals surface area contributed by atoms with E-state index in [1.165, 1.54) is 10.9 Å². The van der Waals surface area contributed by atoms with Gasteiger partial charge in [-0.15, -0.1) is 6.42 Å². The second-order valence-electron chi connectivity index (χ2n) is 7.20. The zero-order valence-corrected chi connectivity index (χ0v) is 15.2. The number of aliphatic hydroxyl groups is 1. The number of aliphatic hydroxyl groups excluding tert-OH is 1. The minimum atomic E-state index is -1.09. The molecule has 0 aliphatic carbocycles. The molecule has 0 radical (unpaired) electrons.